The van der Waals surface area contributed by atoms with Crippen molar-refractivity contribution in [3.8, 4) is 23.0 Å². The minimum absolute atomic E-state index is 0.0491. The first-order valence-electron chi connectivity index (χ1n) is 11.2. The number of nitrogens with one attached hydrogen (secondary N) is 1. The molecule has 1 amide bonds. The van der Waals surface area contributed by atoms with Gasteiger partial charge >= 0.3 is 0 Å². The normalized spacial score (nSPS) is 13.5. The molecule has 0 radical (unpaired) electrons. The predicted molar refractivity (Wildman–Crippen MR) is 135 cm³/mol. The summed E-state index contributed by atoms with van der Waals surface area (Å²) in [5.41, 5.74) is 6.62. The molecule has 1 aliphatic rings. The molecule has 0 bridgehead atoms. The maximum Gasteiger partial charge on any atom is 0.224 e. The Bertz CT molecular complexity index is 1290. The molecular weight excluding hydrogens is 444 g/mol. The summed E-state index contributed by atoms with van der Waals surface area (Å²) in [5.74, 6) is 1.23. The van der Waals surface area contributed by atoms with E-state index in [2.05, 4.69) is 10.3 Å². The minimum atomic E-state index is -0.0776. The zero-order valence-electron chi connectivity index (χ0n) is 20.2. The van der Waals surface area contributed by atoms with Gasteiger partial charge in [-0.2, -0.15) is 0 Å². The molecule has 180 valence electrons. The number of phenols is 1. The number of aromatic nitrogens is 1. The van der Waals surface area contributed by atoms with Crippen LogP contribution in [-0.4, -0.2) is 37.3 Å². The summed E-state index contributed by atoms with van der Waals surface area (Å²) in [7, 11) is 4.62. The van der Waals surface area contributed by atoms with Crippen LogP contribution in [0.3, 0.4) is 0 Å². The topological polar surface area (TPSA) is 89.9 Å². The van der Waals surface area contributed by atoms with Crippen molar-refractivity contribution >= 4 is 23.1 Å². The number of ether oxygens (including phenoxy) is 3. The Labute approximate surface area is 204 Å². The second-order valence-electron chi connectivity index (χ2n) is 8.16. The van der Waals surface area contributed by atoms with E-state index in [1.807, 2.05) is 43.3 Å². The van der Waals surface area contributed by atoms with E-state index in [4.69, 9.17) is 14.2 Å². The Balaban J connectivity index is 1.70. The number of carbonyl (C=O) groups is 1. The molecule has 1 aliphatic carbocycles. The minimum Gasteiger partial charge on any atom is -0.502 e. The van der Waals surface area contributed by atoms with Crippen molar-refractivity contribution in [2.75, 3.05) is 21.3 Å². The number of aromatic hydroxyl groups is 1. The van der Waals surface area contributed by atoms with Crippen LogP contribution in [0.5, 0.6) is 23.0 Å². The second-order valence-corrected chi connectivity index (χ2v) is 8.16. The molecule has 4 rings (SSSR count). The SMILES string of the molecule is COc1ccc2c(c1)C(CC(=O)NCc1cccnc1)=C(C)/C2=C/c1cc(OC)c(O)c(OC)c1. The number of carbonyl (C=O) groups excluding carboxylic acids is 1. The molecule has 35 heavy (non-hydrogen) atoms. The molecule has 0 unspecified atom stereocenters. The third-order valence-electron chi connectivity index (χ3n) is 6.06. The molecule has 0 saturated heterocycles. The van der Waals surface area contributed by atoms with Crippen LogP contribution in [0.4, 0.5) is 0 Å². The average Bonchev–Trinajstić information content (AvgIpc) is 3.13. The van der Waals surface area contributed by atoms with Gasteiger partial charge in [0.2, 0.25) is 11.7 Å². The van der Waals surface area contributed by atoms with Gasteiger partial charge in [0.25, 0.3) is 0 Å². The van der Waals surface area contributed by atoms with Gasteiger partial charge < -0.3 is 24.6 Å². The van der Waals surface area contributed by atoms with Gasteiger partial charge in [-0.05, 0) is 82.3 Å². The first-order chi connectivity index (χ1) is 16.9. The number of pyridine rings is 1. The molecule has 0 saturated carbocycles. The number of nitrogens with zero attached hydrogens (tertiary/aromatic N) is 1. The Hall–Kier alpha value is -4.26. The standard InChI is InChI=1S/C28H28N2O5/c1-17-22(10-19-11-25(34-3)28(32)26(12-19)35-4)21-8-7-20(33-2)13-24(21)23(17)14-27(31)30-16-18-6-5-9-29-15-18/h5-13,15,32H,14,16H2,1-4H3,(H,30,31)/b22-10-. The van der Waals surface area contributed by atoms with E-state index < -0.39 is 0 Å². The molecule has 2 aromatic carbocycles. The van der Waals surface area contributed by atoms with Gasteiger partial charge in [-0.15, -0.1) is 0 Å². The fourth-order valence-corrected chi connectivity index (χ4v) is 4.21. The summed E-state index contributed by atoms with van der Waals surface area (Å²) in [4.78, 5) is 17.0. The molecule has 1 aromatic heterocycles. The fraction of sp³-hybridized carbons (Fsp3) is 0.214. The van der Waals surface area contributed by atoms with Crippen LogP contribution < -0.4 is 19.5 Å². The maximum absolute atomic E-state index is 12.9. The first-order valence-corrected chi connectivity index (χ1v) is 11.2. The smallest absolute Gasteiger partial charge is 0.224 e. The number of allylic oxidation sites excluding steroid dienone is 2. The average molecular weight is 473 g/mol. The van der Waals surface area contributed by atoms with Gasteiger partial charge in [0.05, 0.1) is 27.8 Å². The van der Waals surface area contributed by atoms with Crippen LogP contribution in [-0.2, 0) is 11.3 Å². The number of methoxy groups -OCH3 is 3. The lowest BCUT2D eigenvalue weighted by molar-refractivity contribution is -0.120. The third-order valence-corrected chi connectivity index (χ3v) is 6.06. The van der Waals surface area contributed by atoms with E-state index in [9.17, 15) is 9.90 Å². The molecule has 2 N–H and O–H groups in total. The van der Waals surface area contributed by atoms with E-state index >= 15 is 0 Å². The summed E-state index contributed by atoms with van der Waals surface area (Å²) in [6, 6.07) is 13.1. The maximum atomic E-state index is 12.9. The predicted octanol–water partition coefficient (Wildman–Crippen LogP) is 4.85. The highest BCUT2D eigenvalue weighted by atomic mass is 16.5. The van der Waals surface area contributed by atoms with Crippen molar-refractivity contribution in [1.82, 2.24) is 10.3 Å². The van der Waals surface area contributed by atoms with Crippen molar-refractivity contribution in [2.45, 2.75) is 19.9 Å². The van der Waals surface area contributed by atoms with Gasteiger partial charge in [0.1, 0.15) is 5.75 Å². The summed E-state index contributed by atoms with van der Waals surface area (Å²) in [6.45, 7) is 2.43. The van der Waals surface area contributed by atoms with Gasteiger partial charge in [-0.1, -0.05) is 12.1 Å². The lowest BCUT2D eigenvalue weighted by Crippen LogP contribution is -2.22. The van der Waals surface area contributed by atoms with Crippen molar-refractivity contribution < 1.29 is 24.1 Å². The lowest BCUT2D eigenvalue weighted by atomic mass is 10.00. The number of benzene rings is 2. The van der Waals surface area contributed by atoms with E-state index in [-0.39, 0.29) is 18.1 Å². The summed E-state index contributed by atoms with van der Waals surface area (Å²) >= 11 is 0. The molecule has 7 nitrogen and oxygen atoms in total. The van der Waals surface area contributed by atoms with E-state index in [0.717, 1.165) is 44.7 Å². The summed E-state index contributed by atoms with van der Waals surface area (Å²) in [6.07, 6.45) is 5.68. The molecule has 0 atom stereocenters. The van der Waals surface area contributed by atoms with Crippen LogP contribution in [0.15, 0.2) is 60.4 Å². The zero-order chi connectivity index (χ0) is 24.9. The summed E-state index contributed by atoms with van der Waals surface area (Å²) in [5, 5.41) is 13.3. The Kier molecular flexibility index (Phi) is 7.06. The molecule has 0 fully saturated rings. The monoisotopic (exact) mass is 472 g/mol. The molecule has 3 aromatic rings. The van der Waals surface area contributed by atoms with Gasteiger partial charge in [-0.3, -0.25) is 9.78 Å². The van der Waals surface area contributed by atoms with Crippen LogP contribution in [0.1, 0.15) is 35.6 Å². The highest BCUT2D eigenvalue weighted by Gasteiger charge is 2.26. The highest BCUT2D eigenvalue weighted by Crippen LogP contribution is 2.46. The Morgan fingerprint density at radius 1 is 1.03 bits per heavy atom. The lowest BCUT2D eigenvalue weighted by Gasteiger charge is -2.11. The van der Waals surface area contributed by atoms with Crippen molar-refractivity contribution in [1.29, 1.82) is 0 Å². The van der Waals surface area contributed by atoms with Gasteiger partial charge in [0, 0.05) is 18.9 Å². The van der Waals surface area contributed by atoms with Crippen LogP contribution in [0.25, 0.3) is 17.2 Å². The number of amides is 1. The Morgan fingerprint density at radius 2 is 1.77 bits per heavy atom. The van der Waals surface area contributed by atoms with E-state index in [0.29, 0.717) is 18.0 Å². The number of rotatable bonds is 8. The largest absolute Gasteiger partial charge is 0.502 e. The van der Waals surface area contributed by atoms with Crippen LogP contribution in [0, 0.1) is 0 Å². The molecule has 0 spiro atoms. The zero-order valence-corrected chi connectivity index (χ0v) is 20.2. The van der Waals surface area contributed by atoms with Crippen molar-refractivity contribution in [3.05, 3.63) is 82.7 Å². The Morgan fingerprint density at radius 3 is 2.40 bits per heavy atom. The second kappa shape index (κ2) is 10.3. The highest BCUT2D eigenvalue weighted by molar-refractivity contribution is 6.08. The van der Waals surface area contributed by atoms with E-state index in [1.54, 1.807) is 31.6 Å². The molecule has 7 heteroatoms. The molecule has 0 aliphatic heterocycles. The number of hydrogen-bond donors (Lipinski definition) is 2. The molecular formula is C28H28N2O5. The quantitative estimate of drug-likeness (QED) is 0.487. The van der Waals surface area contributed by atoms with Crippen LogP contribution >= 0.6 is 0 Å². The fourth-order valence-electron chi connectivity index (χ4n) is 4.21. The molecule has 1 heterocycles. The summed E-state index contributed by atoms with van der Waals surface area (Å²) < 4.78 is 16.1. The van der Waals surface area contributed by atoms with Gasteiger partial charge in [0.15, 0.2) is 11.5 Å². The first kappa shape index (κ1) is 23.9. The van der Waals surface area contributed by atoms with E-state index in [1.165, 1.54) is 14.2 Å². The van der Waals surface area contributed by atoms with Crippen molar-refractivity contribution in [2.24, 2.45) is 0 Å². The number of hydrogen-bond acceptors (Lipinski definition) is 6. The third kappa shape index (κ3) is 4.99. The van der Waals surface area contributed by atoms with Gasteiger partial charge in [-0.25, -0.2) is 0 Å². The number of phenolic OH excluding ortho intramolecular Hbond substituents is 1. The van der Waals surface area contributed by atoms with Crippen LogP contribution in [0.2, 0.25) is 0 Å². The van der Waals surface area contributed by atoms with Crippen molar-refractivity contribution in [3.63, 3.8) is 0 Å². The number of fused-ring (bicyclic) bond motifs is 1.